The van der Waals surface area contributed by atoms with Gasteiger partial charge in [-0.3, -0.25) is 19.3 Å². The quantitative estimate of drug-likeness (QED) is 0.718. The summed E-state index contributed by atoms with van der Waals surface area (Å²) in [7, 11) is 0. The maximum atomic E-state index is 14.2. The molecule has 3 heterocycles. The number of benzene rings is 2. The smallest absolute Gasteiger partial charge is 0.291 e. The van der Waals surface area contributed by atoms with E-state index < -0.39 is 23.2 Å². The van der Waals surface area contributed by atoms with Gasteiger partial charge in [0.1, 0.15) is 23.7 Å². The van der Waals surface area contributed by atoms with E-state index in [4.69, 9.17) is 0 Å². The minimum absolute atomic E-state index is 0.213. The SMILES string of the molecule is CCCCN1C(=O)[C@@H]2[C@H](Cc3ccccc3)[NH2+][C@@]3(C(=O)Nc4ccc(F)cc43)[C@@H]2C1=O. The number of nitrogens with zero attached hydrogens (tertiary/aromatic N) is 1. The Hall–Kier alpha value is -3.06. The fraction of sp³-hybridized carbons (Fsp3) is 0.375. The molecule has 4 atom stereocenters. The molecule has 1 spiro atoms. The summed E-state index contributed by atoms with van der Waals surface area (Å²) in [6, 6.07) is 13.6. The predicted molar refractivity (Wildman–Crippen MR) is 111 cm³/mol. The van der Waals surface area contributed by atoms with E-state index in [1.54, 1.807) is 0 Å². The Morgan fingerprint density at radius 1 is 1.10 bits per heavy atom. The van der Waals surface area contributed by atoms with Gasteiger partial charge < -0.3 is 10.6 Å². The van der Waals surface area contributed by atoms with Gasteiger partial charge in [0.15, 0.2) is 0 Å². The summed E-state index contributed by atoms with van der Waals surface area (Å²) in [5, 5.41) is 4.68. The van der Waals surface area contributed by atoms with Gasteiger partial charge in [-0.25, -0.2) is 4.39 Å². The molecule has 31 heavy (non-hydrogen) atoms. The van der Waals surface area contributed by atoms with Gasteiger partial charge in [0.2, 0.25) is 17.4 Å². The molecule has 2 saturated heterocycles. The number of anilines is 1. The van der Waals surface area contributed by atoms with Gasteiger partial charge in [-0.1, -0.05) is 43.7 Å². The summed E-state index contributed by atoms with van der Waals surface area (Å²) in [5.41, 5.74) is 0.676. The van der Waals surface area contributed by atoms with Crippen molar-refractivity contribution < 1.29 is 24.1 Å². The molecule has 0 bridgehead atoms. The van der Waals surface area contributed by atoms with E-state index >= 15 is 0 Å². The van der Waals surface area contributed by atoms with Crippen LogP contribution in [0.5, 0.6) is 0 Å². The zero-order valence-corrected chi connectivity index (χ0v) is 17.3. The molecule has 7 heteroatoms. The number of amides is 3. The molecule has 0 aliphatic carbocycles. The van der Waals surface area contributed by atoms with Crippen LogP contribution in [0.25, 0.3) is 0 Å². The van der Waals surface area contributed by atoms with Gasteiger partial charge in [0.05, 0.1) is 5.69 Å². The average Bonchev–Trinajstić information content (AvgIpc) is 3.33. The molecule has 3 N–H and O–H groups in total. The number of carbonyl (C=O) groups excluding carboxylic acids is 3. The maximum absolute atomic E-state index is 14.2. The lowest BCUT2D eigenvalue weighted by Crippen LogP contribution is -2.99. The lowest BCUT2D eigenvalue weighted by molar-refractivity contribution is -0.733. The highest BCUT2D eigenvalue weighted by Crippen LogP contribution is 2.49. The Morgan fingerprint density at radius 3 is 2.61 bits per heavy atom. The highest BCUT2D eigenvalue weighted by molar-refractivity contribution is 6.13. The summed E-state index contributed by atoms with van der Waals surface area (Å²) in [6.07, 6.45) is 2.11. The fourth-order valence-electron chi connectivity index (χ4n) is 5.60. The van der Waals surface area contributed by atoms with E-state index in [9.17, 15) is 18.8 Å². The number of halogens is 1. The average molecular weight is 422 g/mol. The van der Waals surface area contributed by atoms with Crippen LogP contribution in [0.2, 0.25) is 0 Å². The van der Waals surface area contributed by atoms with Gasteiger partial charge in [0, 0.05) is 18.5 Å². The number of hydrogen-bond acceptors (Lipinski definition) is 3. The van der Waals surface area contributed by atoms with Crippen molar-refractivity contribution in [3.63, 3.8) is 0 Å². The van der Waals surface area contributed by atoms with E-state index in [0.29, 0.717) is 30.6 Å². The van der Waals surface area contributed by atoms with Crippen LogP contribution in [0.4, 0.5) is 10.1 Å². The van der Waals surface area contributed by atoms with E-state index in [-0.39, 0.29) is 23.8 Å². The lowest BCUT2D eigenvalue weighted by atomic mass is 9.76. The third-order valence-corrected chi connectivity index (χ3v) is 6.97. The Morgan fingerprint density at radius 2 is 1.87 bits per heavy atom. The Bertz CT molecular complexity index is 1070. The summed E-state index contributed by atoms with van der Waals surface area (Å²) in [4.78, 5) is 41.6. The molecule has 5 rings (SSSR count). The van der Waals surface area contributed by atoms with Crippen LogP contribution in [0.3, 0.4) is 0 Å². The Balaban J connectivity index is 1.62. The number of unbranched alkanes of at least 4 members (excludes halogenated alkanes) is 1. The third-order valence-electron chi connectivity index (χ3n) is 6.97. The standard InChI is InChI=1S/C24H24FN3O3/c1-2-3-11-28-21(29)19-18(12-14-7-5-4-6-8-14)27-24(20(19)22(28)30)16-13-15(25)9-10-17(16)26-23(24)31/h4-10,13,18-20,27H,2-3,11-12H2,1H3,(H,26,31)/p+1/t18-,19+,20-,24+/m0/s1. The molecule has 6 nitrogen and oxygen atoms in total. The van der Waals surface area contributed by atoms with Crippen LogP contribution in [0.15, 0.2) is 48.5 Å². The van der Waals surface area contributed by atoms with E-state index in [1.807, 2.05) is 42.6 Å². The summed E-state index contributed by atoms with van der Waals surface area (Å²) in [5.74, 6) is -2.81. The van der Waals surface area contributed by atoms with Crippen molar-refractivity contribution >= 4 is 23.4 Å². The van der Waals surface area contributed by atoms with Crippen molar-refractivity contribution in [3.05, 3.63) is 65.5 Å². The molecule has 2 aromatic rings. The zero-order chi connectivity index (χ0) is 21.8. The molecule has 3 aliphatic heterocycles. The second-order valence-electron chi connectivity index (χ2n) is 8.72. The summed E-state index contributed by atoms with van der Waals surface area (Å²) >= 11 is 0. The first-order valence-electron chi connectivity index (χ1n) is 10.8. The molecule has 0 radical (unpaired) electrons. The molecule has 2 fully saturated rings. The summed E-state index contributed by atoms with van der Waals surface area (Å²) in [6.45, 7) is 2.36. The first-order valence-corrected chi connectivity index (χ1v) is 10.8. The van der Waals surface area contributed by atoms with E-state index in [1.165, 1.54) is 23.1 Å². The second-order valence-corrected chi connectivity index (χ2v) is 8.72. The molecule has 0 saturated carbocycles. The molecule has 0 aromatic heterocycles. The molecular formula is C24H25FN3O3+. The van der Waals surface area contributed by atoms with E-state index in [0.717, 1.165) is 12.0 Å². The monoisotopic (exact) mass is 422 g/mol. The molecule has 3 aliphatic rings. The number of hydrogen-bond donors (Lipinski definition) is 2. The largest absolute Gasteiger partial charge is 0.326 e. The maximum Gasteiger partial charge on any atom is 0.291 e. The first kappa shape index (κ1) is 19.9. The summed E-state index contributed by atoms with van der Waals surface area (Å²) < 4.78 is 14.2. The normalized spacial score (nSPS) is 28.9. The van der Waals surface area contributed by atoms with Gasteiger partial charge >= 0.3 is 0 Å². The van der Waals surface area contributed by atoms with Crippen molar-refractivity contribution in [3.8, 4) is 0 Å². The number of imide groups is 1. The second kappa shape index (κ2) is 7.27. The molecule has 2 aromatic carbocycles. The highest BCUT2D eigenvalue weighted by Gasteiger charge is 2.74. The number of quaternary nitrogens is 1. The molecule has 3 amide bonds. The number of carbonyl (C=O) groups is 3. The third kappa shape index (κ3) is 2.83. The molecule has 0 unspecified atom stereocenters. The van der Waals surface area contributed by atoms with E-state index in [2.05, 4.69) is 5.32 Å². The van der Waals surface area contributed by atoms with Crippen molar-refractivity contribution in [2.24, 2.45) is 11.8 Å². The minimum atomic E-state index is -1.32. The number of fused-ring (bicyclic) bond motifs is 4. The van der Waals surface area contributed by atoms with Crippen LogP contribution in [0, 0.1) is 17.7 Å². The zero-order valence-electron chi connectivity index (χ0n) is 17.3. The van der Waals surface area contributed by atoms with Crippen LogP contribution in [0.1, 0.15) is 30.9 Å². The number of rotatable bonds is 5. The van der Waals surface area contributed by atoms with Crippen LogP contribution < -0.4 is 10.6 Å². The number of nitrogens with two attached hydrogens (primary N) is 1. The van der Waals surface area contributed by atoms with Gasteiger partial charge in [-0.2, -0.15) is 0 Å². The van der Waals surface area contributed by atoms with Crippen molar-refractivity contribution in [2.75, 3.05) is 11.9 Å². The van der Waals surface area contributed by atoms with Crippen molar-refractivity contribution in [1.29, 1.82) is 0 Å². The Kier molecular flexibility index (Phi) is 4.66. The van der Waals surface area contributed by atoms with Gasteiger partial charge in [-0.15, -0.1) is 0 Å². The molecular weight excluding hydrogens is 397 g/mol. The van der Waals surface area contributed by atoms with Crippen molar-refractivity contribution in [2.45, 2.75) is 37.8 Å². The highest BCUT2D eigenvalue weighted by atomic mass is 19.1. The van der Waals surface area contributed by atoms with Gasteiger partial charge in [-0.05, 0) is 30.2 Å². The van der Waals surface area contributed by atoms with Crippen LogP contribution in [-0.4, -0.2) is 35.2 Å². The topological polar surface area (TPSA) is 83.1 Å². The predicted octanol–water partition coefficient (Wildman–Crippen LogP) is 1.56. The first-order chi connectivity index (χ1) is 15.0. The molecule has 160 valence electrons. The lowest BCUT2D eigenvalue weighted by Gasteiger charge is -2.26. The minimum Gasteiger partial charge on any atom is -0.326 e. The Labute approximate surface area is 179 Å². The van der Waals surface area contributed by atoms with Crippen LogP contribution in [-0.2, 0) is 26.3 Å². The number of likely N-dealkylation sites (tertiary alicyclic amines) is 1. The van der Waals surface area contributed by atoms with Gasteiger partial charge in [0.25, 0.3) is 5.91 Å². The van der Waals surface area contributed by atoms with Crippen LogP contribution >= 0.6 is 0 Å². The van der Waals surface area contributed by atoms with Crippen molar-refractivity contribution in [1.82, 2.24) is 4.90 Å². The number of nitrogens with one attached hydrogen (secondary N) is 1. The fourth-order valence-corrected chi connectivity index (χ4v) is 5.60.